The molecule has 2 aromatic rings. The van der Waals surface area contributed by atoms with E-state index in [9.17, 15) is 9.59 Å². The van der Waals surface area contributed by atoms with Crippen LogP contribution < -0.4 is 25.0 Å². The summed E-state index contributed by atoms with van der Waals surface area (Å²) >= 11 is 0. The average Bonchev–Trinajstić information content (AvgIpc) is 2.68. The third kappa shape index (κ3) is 6.31. The number of amides is 2. The summed E-state index contributed by atoms with van der Waals surface area (Å²) < 4.78 is 10.3. The third-order valence-corrected chi connectivity index (χ3v) is 4.08. The van der Waals surface area contributed by atoms with Crippen LogP contribution in [0.3, 0.4) is 0 Å². The predicted octanol–water partition coefficient (Wildman–Crippen LogP) is 1.19. The summed E-state index contributed by atoms with van der Waals surface area (Å²) in [6.45, 7) is 2.97. The van der Waals surface area contributed by atoms with Crippen molar-refractivity contribution in [3.05, 3.63) is 48.5 Å². The molecule has 0 heterocycles. The third-order valence-electron chi connectivity index (χ3n) is 4.08. The molecule has 0 aliphatic carbocycles. The van der Waals surface area contributed by atoms with E-state index in [0.717, 1.165) is 10.6 Å². The number of carbonyl (C=O) groups excluding carboxylic acids is 2. The first-order chi connectivity index (χ1) is 13.0. The van der Waals surface area contributed by atoms with Crippen LogP contribution in [0.25, 0.3) is 0 Å². The van der Waals surface area contributed by atoms with Crippen molar-refractivity contribution in [1.29, 1.82) is 0 Å². The Bertz CT molecular complexity index is 762. The number of hydrogen-bond donors (Lipinski definition) is 3. The number of para-hydroxylation sites is 2. The summed E-state index contributed by atoms with van der Waals surface area (Å²) in [5.41, 5.74) is 1.30. The van der Waals surface area contributed by atoms with Gasteiger partial charge in [-0.1, -0.05) is 12.1 Å². The summed E-state index contributed by atoms with van der Waals surface area (Å²) in [5.74, 6) is 0.999. The molecule has 0 spiro atoms. The van der Waals surface area contributed by atoms with Crippen molar-refractivity contribution in [2.75, 3.05) is 44.5 Å². The quantitative estimate of drug-likeness (QED) is 0.618. The topological polar surface area (TPSA) is 81.1 Å². The number of anilines is 2. The first kappa shape index (κ1) is 20.3. The summed E-state index contributed by atoms with van der Waals surface area (Å²) in [6, 6.07) is 14.3. The van der Waals surface area contributed by atoms with Gasteiger partial charge >= 0.3 is 0 Å². The Hall–Kier alpha value is -3.06. The number of hydrogen-bond acceptors (Lipinski definition) is 4. The number of likely N-dealkylation sites (N-methyl/N-ethyl adjacent to an activating group) is 1. The van der Waals surface area contributed by atoms with Crippen molar-refractivity contribution in [1.82, 2.24) is 0 Å². The van der Waals surface area contributed by atoms with E-state index < -0.39 is 0 Å². The number of quaternary nitrogens is 1. The average molecular weight is 372 g/mol. The maximum Gasteiger partial charge on any atom is 0.279 e. The zero-order chi connectivity index (χ0) is 19.6. The van der Waals surface area contributed by atoms with Gasteiger partial charge in [-0.3, -0.25) is 9.59 Å². The molecule has 0 fully saturated rings. The van der Waals surface area contributed by atoms with E-state index in [1.54, 1.807) is 50.6 Å². The van der Waals surface area contributed by atoms with Crippen molar-refractivity contribution in [2.24, 2.45) is 0 Å². The second kappa shape index (κ2) is 10.2. The minimum atomic E-state index is -0.173. The molecule has 0 aliphatic heterocycles. The number of rotatable bonds is 9. The standard InChI is InChI=1S/C20H25N3O4/c1-4-23(13-19(24)21-15-9-11-16(26-2)12-10-15)14-20(25)22-17-7-5-6-8-18(17)27-3/h5-12H,4,13-14H2,1-3H3,(H,21,24)(H,22,25)/p+1. The highest BCUT2D eigenvalue weighted by molar-refractivity contribution is 5.94. The van der Waals surface area contributed by atoms with Crippen LogP contribution >= 0.6 is 0 Å². The van der Waals surface area contributed by atoms with Crippen LogP contribution in [0.15, 0.2) is 48.5 Å². The Kier molecular flexibility index (Phi) is 7.63. The van der Waals surface area contributed by atoms with E-state index in [-0.39, 0.29) is 24.9 Å². The fraction of sp³-hybridized carbons (Fsp3) is 0.300. The van der Waals surface area contributed by atoms with Gasteiger partial charge in [0.1, 0.15) is 11.5 Å². The summed E-state index contributed by atoms with van der Waals surface area (Å²) in [7, 11) is 3.14. The number of ether oxygens (including phenoxy) is 2. The Morgan fingerprint density at radius 1 is 0.889 bits per heavy atom. The first-order valence-electron chi connectivity index (χ1n) is 8.76. The SMILES string of the molecule is CC[NH+](CC(=O)Nc1ccc(OC)cc1)CC(=O)Nc1ccccc1OC. The van der Waals surface area contributed by atoms with E-state index in [0.29, 0.717) is 23.7 Å². The molecule has 7 nitrogen and oxygen atoms in total. The number of nitrogens with one attached hydrogen (secondary N) is 3. The molecular formula is C20H26N3O4+. The van der Waals surface area contributed by atoms with E-state index >= 15 is 0 Å². The predicted molar refractivity (Wildman–Crippen MR) is 104 cm³/mol. The monoisotopic (exact) mass is 372 g/mol. The molecule has 0 saturated carbocycles. The fourth-order valence-electron chi connectivity index (χ4n) is 2.59. The molecule has 1 unspecified atom stereocenters. The Balaban J connectivity index is 1.88. The highest BCUT2D eigenvalue weighted by atomic mass is 16.5. The lowest BCUT2D eigenvalue weighted by Crippen LogP contribution is -3.13. The van der Waals surface area contributed by atoms with Gasteiger partial charge in [0.25, 0.3) is 11.8 Å². The van der Waals surface area contributed by atoms with Gasteiger partial charge in [-0.05, 0) is 43.3 Å². The van der Waals surface area contributed by atoms with Crippen LogP contribution in [0.2, 0.25) is 0 Å². The van der Waals surface area contributed by atoms with Gasteiger partial charge in [0.2, 0.25) is 0 Å². The van der Waals surface area contributed by atoms with Crippen LogP contribution in [0, 0.1) is 0 Å². The lowest BCUT2D eigenvalue weighted by molar-refractivity contribution is -0.881. The Labute approximate surface area is 159 Å². The second-order valence-electron chi connectivity index (χ2n) is 5.98. The molecule has 0 aliphatic rings. The first-order valence-corrected chi connectivity index (χ1v) is 8.76. The van der Waals surface area contributed by atoms with Crippen molar-refractivity contribution in [2.45, 2.75) is 6.92 Å². The largest absolute Gasteiger partial charge is 0.497 e. The maximum absolute atomic E-state index is 12.3. The fourth-order valence-corrected chi connectivity index (χ4v) is 2.59. The molecule has 144 valence electrons. The van der Waals surface area contributed by atoms with Gasteiger partial charge in [0.05, 0.1) is 26.5 Å². The van der Waals surface area contributed by atoms with Gasteiger partial charge in [0.15, 0.2) is 13.1 Å². The van der Waals surface area contributed by atoms with Crippen LogP contribution in [0.1, 0.15) is 6.92 Å². The van der Waals surface area contributed by atoms with Gasteiger partial charge in [-0.15, -0.1) is 0 Å². The summed E-state index contributed by atoms with van der Waals surface area (Å²) in [5, 5.41) is 5.66. The van der Waals surface area contributed by atoms with Gasteiger partial charge < -0.3 is 25.0 Å². The smallest absolute Gasteiger partial charge is 0.279 e. The molecule has 0 bridgehead atoms. The second-order valence-corrected chi connectivity index (χ2v) is 5.98. The lowest BCUT2D eigenvalue weighted by atomic mass is 10.3. The normalized spacial score (nSPS) is 11.4. The Morgan fingerprint density at radius 3 is 2.11 bits per heavy atom. The molecule has 0 radical (unpaired) electrons. The molecule has 0 aromatic heterocycles. The minimum Gasteiger partial charge on any atom is -0.497 e. The lowest BCUT2D eigenvalue weighted by Gasteiger charge is -2.17. The zero-order valence-corrected chi connectivity index (χ0v) is 15.9. The molecule has 1 atom stereocenters. The van der Waals surface area contributed by atoms with Gasteiger partial charge in [-0.25, -0.2) is 0 Å². The number of benzene rings is 2. The van der Waals surface area contributed by atoms with Crippen molar-refractivity contribution in [3.8, 4) is 11.5 Å². The van der Waals surface area contributed by atoms with Crippen LogP contribution in [-0.2, 0) is 9.59 Å². The summed E-state index contributed by atoms with van der Waals surface area (Å²) in [6.07, 6.45) is 0. The molecule has 0 saturated heterocycles. The molecule has 2 aromatic carbocycles. The van der Waals surface area contributed by atoms with Crippen molar-refractivity contribution in [3.63, 3.8) is 0 Å². The van der Waals surface area contributed by atoms with E-state index in [1.807, 2.05) is 19.1 Å². The van der Waals surface area contributed by atoms with E-state index in [2.05, 4.69) is 10.6 Å². The number of carbonyl (C=O) groups is 2. The number of methoxy groups -OCH3 is 2. The maximum atomic E-state index is 12.3. The molecule has 27 heavy (non-hydrogen) atoms. The molecule has 2 amide bonds. The van der Waals surface area contributed by atoms with Gasteiger partial charge in [0, 0.05) is 5.69 Å². The molecule has 3 N–H and O–H groups in total. The minimum absolute atomic E-state index is 0.151. The van der Waals surface area contributed by atoms with Crippen LogP contribution in [-0.4, -0.2) is 45.7 Å². The van der Waals surface area contributed by atoms with E-state index in [1.165, 1.54) is 0 Å². The Morgan fingerprint density at radius 2 is 1.52 bits per heavy atom. The zero-order valence-electron chi connectivity index (χ0n) is 15.9. The van der Waals surface area contributed by atoms with Crippen LogP contribution in [0.5, 0.6) is 11.5 Å². The molecular weight excluding hydrogens is 346 g/mol. The summed E-state index contributed by atoms with van der Waals surface area (Å²) in [4.78, 5) is 25.4. The van der Waals surface area contributed by atoms with Crippen molar-refractivity contribution >= 4 is 23.2 Å². The molecule has 7 heteroatoms. The van der Waals surface area contributed by atoms with E-state index in [4.69, 9.17) is 9.47 Å². The molecule has 2 rings (SSSR count). The highest BCUT2D eigenvalue weighted by Crippen LogP contribution is 2.22. The van der Waals surface area contributed by atoms with Crippen molar-refractivity contribution < 1.29 is 24.0 Å². The van der Waals surface area contributed by atoms with Gasteiger partial charge in [-0.2, -0.15) is 0 Å². The highest BCUT2D eigenvalue weighted by Gasteiger charge is 2.17. The van der Waals surface area contributed by atoms with Crippen LogP contribution in [0.4, 0.5) is 11.4 Å².